The van der Waals surface area contributed by atoms with Crippen molar-refractivity contribution < 1.29 is 0 Å². The minimum absolute atomic E-state index is 0.809. The van der Waals surface area contributed by atoms with Gasteiger partial charge in [-0.05, 0) is 76.2 Å². The number of thiazole rings is 1. The van der Waals surface area contributed by atoms with Crippen molar-refractivity contribution >= 4 is 39.7 Å². The van der Waals surface area contributed by atoms with Gasteiger partial charge >= 0.3 is 0 Å². The smallest absolute Gasteiger partial charge is 0.168 e. The number of benzene rings is 1. The molecule has 0 atom stereocenters. The summed E-state index contributed by atoms with van der Waals surface area (Å²) in [6, 6.07) is 4.44. The number of nitrogens with zero attached hydrogens (tertiary/aromatic N) is 4. The van der Waals surface area contributed by atoms with Crippen molar-refractivity contribution in [1.82, 2.24) is 14.5 Å². The molecule has 6 heteroatoms. The molecule has 0 bridgehead atoms. The number of aromatic nitrogens is 3. The van der Waals surface area contributed by atoms with Crippen LogP contribution in [0.1, 0.15) is 48.7 Å². The molecule has 4 nitrogen and oxygen atoms in total. The predicted molar refractivity (Wildman–Crippen MR) is 122 cm³/mol. The Morgan fingerprint density at radius 1 is 1.14 bits per heavy atom. The van der Waals surface area contributed by atoms with E-state index in [0.29, 0.717) is 0 Å². The molecule has 0 amide bonds. The van der Waals surface area contributed by atoms with Crippen molar-refractivity contribution in [2.45, 2.75) is 53.9 Å². The third-order valence-corrected chi connectivity index (χ3v) is 6.71. The van der Waals surface area contributed by atoms with Crippen LogP contribution in [0, 0.1) is 37.6 Å². The first-order chi connectivity index (χ1) is 13.4. The van der Waals surface area contributed by atoms with E-state index < -0.39 is 0 Å². The first-order valence-electron chi connectivity index (χ1n) is 10.1. The Labute approximate surface area is 176 Å². The first-order valence-corrected chi connectivity index (χ1v) is 11.3. The molecule has 0 saturated heterocycles. The molecule has 0 aliphatic heterocycles. The summed E-state index contributed by atoms with van der Waals surface area (Å²) in [6.45, 7) is 12.8. The summed E-state index contributed by atoms with van der Waals surface area (Å²) in [5.41, 5.74) is 5.85. The zero-order valence-corrected chi connectivity index (χ0v) is 19.0. The van der Waals surface area contributed by atoms with E-state index in [4.69, 9.17) is 22.2 Å². The van der Waals surface area contributed by atoms with Crippen molar-refractivity contribution in [3.8, 4) is 5.69 Å². The molecular weight excluding hydrogens is 384 g/mol. The van der Waals surface area contributed by atoms with Gasteiger partial charge in [0.15, 0.2) is 15.4 Å². The lowest BCUT2D eigenvalue weighted by Crippen LogP contribution is -2.28. The average molecular weight is 413 g/mol. The summed E-state index contributed by atoms with van der Waals surface area (Å²) in [7, 11) is 0. The van der Waals surface area contributed by atoms with Crippen LogP contribution in [0.15, 0.2) is 12.1 Å². The lowest BCUT2D eigenvalue weighted by molar-refractivity contribution is 0.700. The molecule has 2 aromatic heterocycles. The number of hydrogen-bond donors (Lipinski definition) is 0. The minimum Gasteiger partial charge on any atom is -0.355 e. The second kappa shape index (κ2) is 7.56. The minimum atomic E-state index is 0.809. The number of rotatable bonds is 6. The van der Waals surface area contributed by atoms with Gasteiger partial charge in [-0.1, -0.05) is 36.0 Å². The molecule has 148 valence electrons. The summed E-state index contributed by atoms with van der Waals surface area (Å²) >= 11 is 7.48. The molecular formula is C22H28N4S2. The van der Waals surface area contributed by atoms with Crippen molar-refractivity contribution in [1.29, 1.82) is 0 Å². The van der Waals surface area contributed by atoms with Gasteiger partial charge in [0.25, 0.3) is 0 Å². The average Bonchev–Trinajstić information content (AvgIpc) is 3.37. The van der Waals surface area contributed by atoms with Crippen molar-refractivity contribution in [3.05, 3.63) is 38.6 Å². The maximum absolute atomic E-state index is 5.84. The summed E-state index contributed by atoms with van der Waals surface area (Å²) in [5, 5.41) is 0. The molecule has 0 unspecified atom stereocenters. The summed E-state index contributed by atoms with van der Waals surface area (Å²) in [4.78, 5) is 12.2. The Kier molecular flexibility index (Phi) is 5.27. The molecule has 2 heterocycles. The van der Waals surface area contributed by atoms with Crippen LogP contribution in [-0.4, -0.2) is 27.6 Å². The second-order valence-electron chi connectivity index (χ2n) is 8.09. The lowest BCUT2D eigenvalue weighted by atomic mass is 10.1. The van der Waals surface area contributed by atoms with Crippen molar-refractivity contribution in [3.63, 3.8) is 0 Å². The van der Waals surface area contributed by atoms with Crippen LogP contribution in [0.4, 0.5) is 5.82 Å². The van der Waals surface area contributed by atoms with Gasteiger partial charge in [-0.25, -0.2) is 9.97 Å². The van der Waals surface area contributed by atoms with Gasteiger partial charge in [0.2, 0.25) is 0 Å². The maximum Gasteiger partial charge on any atom is 0.168 e. The topological polar surface area (TPSA) is 34.0 Å². The number of anilines is 1. The van der Waals surface area contributed by atoms with Crippen LogP contribution < -0.4 is 4.90 Å². The molecule has 0 radical (unpaired) electrons. The largest absolute Gasteiger partial charge is 0.355 e. The highest BCUT2D eigenvalue weighted by Gasteiger charge is 2.27. The fourth-order valence-corrected chi connectivity index (χ4v) is 5.46. The van der Waals surface area contributed by atoms with Gasteiger partial charge in [-0.3, -0.25) is 4.57 Å². The Morgan fingerprint density at radius 3 is 2.43 bits per heavy atom. The molecule has 1 aliphatic carbocycles. The standard InChI is InChI=1S/C22H28N4S2/c1-6-9-25(12-17-7-8-17)20-19-21(24-16(5)23-20)26(22(27)28-19)18-14(3)10-13(2)11-15(18)4/h10-11,17H,6-9,12H2,1-5H3. The van der Waals surface area contributed by atoms with Gasteiger partial charge in [-0.2, -0.15) is 0 Å². The van der Waals surface area contributed by atoms with E-state index in [9.17, 15) is 0 Å². The quantitative estimate of drug-likeness (QED) is 0.460. The monoisotopic (exact) mass is 412 g/mol. The lowest BCUT2D eigenvalue weighted by Gasteiger charge is -2.24. The molecule has 28 heavy (non-hydrogen) atoms. The predicted octanol–water partition coefficient (Wildman–Crippen LogP) is 6.07. The number of aryl methyl sites for hydroxylation is 4. The van der Waals surface area contributed by atoms with E-state index in [-0.39, 0.29) is 0 Å². The SMILES string of the molecule is CCCN(CC1CC1)c1nc(C)nc2c1sc(=S)n2-c1c(C)cc(C)cc1C. The van der Waals surface area contributed by atoms with Gasteiger partial charge < -0.3 is 4.90 Å². The summed E-state index contributed by atoms with van der Waals surface area (Å²) in [6.07, 6.45) is 3.79. The first kappa shape index (κ1) is 19.5. The van der Waals surface area contributed by atoms with Crippen LogP contribution in [-0.2, 0) is 0 Å². The van der Waals surface area contributed by atoms with Crippen LogP contribution in [0.25, 0.3) is 16.0 Å². The van der Waals surface area contributed by atoms with E-state index in [0.717, 1.165) is 57.1 Å². The van der Waals surface area contributed by atoms with E-state index in [2.05, 4.69) is 49.3 Å². The zero-order valence-electron chi connectivity index (χ0n) is 17.4. The highest BCUT2D eigenvalue weighted by molar-refractivity contribution is 7.73. The fourth-order valence-electron chi connectivity index (χ4n) is 4.10. The van der Waals surface area contributed by atoms with Crippen LogP contribution in [0.2, 0.25) is 0 Å². The molecule has 3 aromatic rings. The molecule has 1 aliphatic rings. The third kappa shape index (κ3) is 3.60. The Bertz CT molecular complexity index is 1070. The zero-order chi connectivity index (χ0) is 20.0. The van der Waals surface area contributed by atoms with Gasteiger partial charge in [0, 0.05) is 13.1 Å². The van der Waals surface area contributed by atoms with Crippen molar-refractivity contribution in [2.24, 2.45) is 5.92 Å². The van der Waals surface area contributed by atoms with Crippen LogP contribution in [0.3, 0.4) is 0 Å². The Hall–Kier alpha value is -1.79. The van der Waals surface area contributed by atoms with E-state index in [1.54, 1.807) is 11.3 Å². The van der Waals surface area contributed by atoms with Gasteiger partial charge in [0.05, 0.1) is 5.69 Å². The summed E-state index contributed by atoms with van der Waals surface area (Å²) in [5.74, 6) is 2.69. The van der Waals surface area contributed by atoms with E-state index >= 15 is 0 Å². The fraction of sp³-hybridized carbons (Fsp3) is 0.500. The Morgan fingerprint density at radius 2 is 1.82 bits per heavy atom. The molecule has 1 saturated carbocycles. The van der Waals surface area contributed by atoms with Gasteiger partial charge in [0.1, 0.15) is 10.5 Å². The Balaban J connectivity index is 1.95. The molecule has 1 aromatic carbocycles. The highest BCUT2D eigenvalue weighted by atomic mass is 32.1. The third-order valence-electron chi connectivity index (χ3n) is 5.35. The molecule has 0 N–H and O–H groups in total. The molecule has 4 rings (SSSR count). The summed E-state index contributed by atoms with van der Waals surface area (Å²) < 4.78 is 4.12. The highest BCUT2D eigenvalue weighted by Crippen LogP contribution is 2.37. The van der Waals surface area contributed by atoms with E-state index in [1.165, 1.54) is 29.5 Å². The van der Waals surface area contributed by atoms with Crippen LogP contribution >= 0.6 is 23.6 Å². The second-order valence-corrected chi connectivity index (χ2v) is 9.73. The normalized spacial score (nSPS) is 14.0. The van der Waals surface area contributed by atoms with Crippen molar-refractivity contribution in [2.75, 3.05) is 18.0 Å². The molecule has 0 spiro atoms. The number of hydrogen-bond acceptors (Lipinski definition) is 5. The number of fused-ring (bicyclic) bond motifs is 1. The maximum atomic E-state index is 5.84. The van der Waals surface area contributed by atoms with Crippen LogP contribution in [0.5, 0.6) is 0 Å². The van der Waals surface area contributed by atoms with Gasteiger partial charge in [-0.15, -0.1) is 0 Å². The molecule has 1 fully saturated rings. The van der Waals surface area contributed by atoms with E-state index in [1.807, 2.05) is 6.92 Å².